The van der Waals surface area contributed by atoms with Crippen molar-refractivity contribution in [1.29, 1.82) is 0 Å². The number of rotatable bonds is 1. The minimum atomic E-state index is -0.249. The number of amides is 1. The smallest absolute Gasteiger partial charge is 0.225 e. The van der Waals surface area contributed by atoms with Gasteiger partial charge in [-0.1, -0.05) is 36.4 Å². The molecular formula is C19H15NO. The van der Waals surface area contributed by atoms with Gasteiger partial charge >= 0.3 is 0 Å². The lowest BCUT2D eigenvalue weighted by Gasteiger charge is -2.20. The molecule has 0 radical (unpaired) electrons. The van der Waals surface area contributed by atoms with Gasteiger partial charge in [0.15, 0.2) is 0 Å². The van der Waals surface area contributed by atoms with Crippen LogP contribution in [0.1, 0.15) is 23.5 Å². The van der Waals surface area contributed by atoms with E-state index in [2.05, 4.69) is 48.5 Å². The Kier molecular flexibility index (Phi) is 2.58. The lowest BCUT2D eigenvalue weighted by atomic mass is 9.84. The molecular weight excluding hydrogens is 258 g/mol. The van der Waals surface area contributed by atoms with Crippen LogP contribution >= 0.6 is 0 Å². The fourth-order valence-corrected chi connectivity index (χ4v) is 3.20. The first kappa shape index (κ1) is 12.2. The van der Waals surface area contributed by atoms with Crippen molar-refractivity contribution in [1.82, 2.24) is 0 Å². The molecule has 2 heteroatoms. The molecule has 21 heavy (non-hydrogen) atoms. The minimum absolute atomic E-state index is 0.208. The summed E-state index contributed by atoms with van der Waals surface area (Å²) in [6.45, 7) is 0. The number of carbonyl (C=O) groups is 1. The summed E-state index contributed by atoms with van der Waals surface area (Å²) in [6.07, 6.45) is 4.81. The first-order valence-electron chi connectivity index (χ1n) is 7.15. The van der Waals surface area contributed by atoms with Crippen LogP contribution in [0.4, 0.5) is 0 Å². The van der Waals surface area contributed by atoms with Gasteiger partial charge in [-0.05, 0) is 63.4 Å². The monoisotopic (exact) mass is 273 g/mol. The number of benzene rings is 3. The van der Waals surface area contributed by atoms with Crippen LogP contribution in [0.25, 0.3) is 27.6 Å². The molecule has 2 N–H and O–H groups in total. The third-order valence-electron chi connectivity index (χ3n) is 4.29. The Morgan fingerprint density at radius 1 is 0.952 bits per heavy atom. The van der Waals surface area contributed by atoms with Gasteiger partial charge in [-0.25, -0.2) is 0 Å². The van der Waals surface area contributed by atoms with E-state index < -0.39 is 0 Å². The first-order valence-corrected chi connectivity index (χ1v) is 7.15. The maximum Gasteiger partial charge on any atom is 0.225 e. The fraction of sp³-hybridized carbons (Fsp3) is 0.105. The van der Waals surface area contributed by atoms with Crippen molar-refractivity contribution in [2.24, 2.45) is 5.73 Å². The van der Waals surface area contributed by atoms with Crippen molar-refractivity contribution >= 4 is 33.5 Å². The number of allylic oxidation sites excluding steroid dienone is 1. The molecule has 1 unspecified atom stereocenters. The number of primary amides is 1. The maximum atomic E-state index is 11.7. The SMILES string of the molecule is NC(=O)C1CC=Cc2cc3cc4ccccc4cc3cc21. The molecule has 102 valence electrons. The second-order valence-corrected chi connectivity index (χ2v) is 5.62. The van der Waals surface area contributed by atoms with Gasteiger partial charge in [0.05, 0.1) is 5.92 Å². The summed E-state index contributed by atoms with van der Waals surface area (Å²) >= 11 is 0. The van der Waals surface area contributed by atoms with Gasteiger partial charge in [-0.2, -0.15) is 0 Å². The van der Waals surface area contributed by atoms with Gasteiger partial charge in [0, 0.05) is 0 Å². The van der Waals surface area contributed by atoms with Crippen LogP contribution in [0.3, 0.4) is 0 Å². The molecule has 3 aromatic rings. The third kappa shape index (κ3) is 1.91. The molecule has 0 fully saturated rings. The fourth-order valence-electron chi connectivity index (χ4n) is 3.20. The molecule has 0 saturated heterocycles. The van der Waals surface area contributed by atoms with Gasteiger partial charge in [-0.15, -0.1) is 0 Å². The number of fused-ring (bicyclic) bond motifs is 3. The summed E-state index contributed by atoms with van der Waals surface area (Å²) in [5.41, 5.74) is 7.70. The summed E-state index contributed by atoms with van der Waals surface area (Å²) in [6, 6.07) is 17.0. The average Bonchev–Trinajstić information content (AvgIpc) is 2.50. The number of nitrogens with two attached hydrogens (primary N) is 1. The van der Waals surface area contributed by atoms with E-state index in [9.17, 15) is 4.79 Å². The van der Waals surface area contributed by atoms with Crippen LogP contribution in [-0.4, -0.2) is 5.91 Å². The van der Waals surface area contributed by atoms with Crippen LogP contribution in [-0.2, 0) is 4.79 Å². The van der Waals surface area contributed by atoms with E-state index in [1.807, 2.05) is 12.1 Å². The molecule has 0 heterocycles. The van der Waals surface area contributed by atoms with E-state index in [0.717, 1.165) is 16.5 Å². The lowest BCUT2D eigenvalue weighted by Crippen LogP contribution is -2.22. The largest absolute Gasteiger partial charge is 0.369 e. The summed E-state index contributed by atoms with van der Waals surface area (Å²) in [7, 11) is 0. The van der Waals surface area contributed by atoms with E-state index in [4.69, 9.17) is 5.73 Å². The second-order valence-electron chi connectivity index (χ2n) is 5.62. The van der Waals surface area contributed by atoms with Crippen LogP contribution < -0.4 is 5.73 Å². The Balaban J connectivity index is 2.02. The molecule has 2 nitrogen and oxygen atoms in total. The Morgan fingerprint density at radius 3 is 2.29 bits per heavy atom. The Hall–Kier alpha value is -2.61. The summed E-state index contributed by atoms with van der Waals surface area (Å²) in [5, 5.41) is 4.80. The highest BCUT2D eigenvalue weighted by molar-refractivity contribution is 6.00. The highest BCUT2D eigenvalue weighted by Crippen LogP contribution is 2.34. The molecule has 0 spiro atoms. The standard InChI is InChI=1S/C19H15NO/c20-19(21)17-7-3-6-14-10-15-8-12-4-1-2-5-13(12)9-16(15)11-18(14)17/h1-6,8-11,17H,7H2,(H2,20,21). The average molecular weight is 273 g/mol. The summed E-state index contributed by atoms with van der Waals surface area (Å²) < 4.78 is 0. The molecule has 1 aliphatic carbocycles. The van der Waals surface area contributed by atoms with Crippen molar-refractivity contribution in [3.05, 3.63) is 65.7 Å². The maximum absolute atomic E-state index is 11.7. The van der Waals surface area contributed by atoms with Gasteiger partial charge in [-0.3, -0.25) is 4.79 Å². The molecule has 0 aromatic heterocycles. The Morgan fingerprint density at radius 2 is 1.62 bits per heavy atom. The normalized spacial score (nSPS) is 17.0. The number of carbonyl (C=O) groups excluding carboxylic acids is 1. The molecule has 3 aromatic carbocycles. The Bertz CT molecular complexity index is 908. The molecule has 1 atom stereocenters. The molecule has 1 aliphatic rings. The van der Waals surface area contributed by atoms with Crippen molar-refractivity contribution < 1.29 is 4.79 Å². The van der Waals surface area contributed by atoms with Crippen molar-refractivity contribution in [3.63, 3.8) is 0 Å². The zero-order valence-electron chi connectivity index (χ0n) is 11.5. The van der Waals surface area contributed by atoms with Crippen molar-refractivity contribution in [2.45, 2.75) is 12.3 Å². The van der Waals surface area contributed by atoms with E-state index in [0.29, 0.717) is 6.42 Å². The quantitative estimate of drug-likeness (QED) is 0.670. The minimum Gasteiger partial charge on any atom is -0.369 e. The van der Waals surface area contributed by atoms with E-state index in [1.54, 1.807) is 0 Å². The first-order chi connectivity index (χ1) is 10.2. The third-order valence-corrected chi connectivity index (χ3v) is 4.29. The van der Waals surface area contributed by atoms with Gasteiger partial charge in [0.25, 0.3) is 0 Å². The number of hydrogen-bond acceptors (Lipinski definition) is 1. The van der Waals surface area contributed by atoms with Crippen LogP contribution in [0, 0.1) is 0 Å². The van der Waals surface area contributed by atoms with Gasteiger partial charge in [0.2, 0.25) is 5.91 Å². The molecule has 1 amide bonds. The Labute approximate surface area is 122 Å². The predicted molar refractivity (Wildman–Crippen MR) is 87.0 cm³/mol. The van der Waals surface area contributed by atoms with E-state index in [-0.39, 0.29) is 11.8 Å². The van der Waals surface area contributed by atoms with Crippen molar-refractivity contribution in [3.8, 4) is 0 Å². The number of hydrogen-bond donors (Lipinski definition) is 1. The lowest BCUT2D eigenvalue weighted by molar-refractivity contribution is -0.119. The predicted octanol–water partition coefficient (Wildman–Crippen LogP) is 3.98. The zero-order valence-corrected chi connectivity index (χ0v) is 11.5. The van der Waals surface area contributed by atoms with Crippen LogP contribution in [0.5, 0.6) is 0 Å². The zero-order chi connectivity index (χ0) is 14.4. The van der Waals surface area contributed by atoms with Gasteiger partial charge < -0.3 is 5.73 Å². The highest BCUT2D eigenvalue weighted by Gasteiger charge is 2.22. The molecule has 0 aliphatic heterocycles. The highest BCUT2D eigenvalue weighted by atomic mass is 16.1. The second kappa shape index (κ2) is 4.45. The van der Waals surface area contributed by atoms with Crippen LogP contribution in [0.15, 0.2) is 54.6 Å². The van der Waals surface area contributed by atoms with E-state index >= 15 is 0 Å². The van der Waals surface area contributed by atoms with Crippen molar-refractivity contribution in [2.75, 3.05) is 0 Å². The van der Waals surface area contributed by atoms with Crippen LogP contribution in [0.2, 0.25) is 0 Å². The molecule has 0 bridgehead atoms. The molecule has 0 saturated carbocycles. The topological polar surface area (TPSA) is 43.1 Å². The summed E-state index contributed by atoms with van der Waals surface area (Å²) in [5.74, 6) is -0.457. The van der Waals surface area contributed by atoms with E-state index in [1.165, 1.54) is 16.2 Å². The molecule has 4 rings (SSSR count). The van der Waals surface area contributed by atoms with Gasteiger partial charge in [0.1, 0.15) is 0 Å². The summed E-state index contributed by atoms with van der Waals surface area (Å²) in [4.78, 5) is 11.7.